The van der Waals surface area contributed by atoms with Crippen molar-refractivity contribution in [3.63, 3.8) is 0 Å². The minimum Gasteiger partial charge on any atom is -0.324 e. The van der Waals surface area contributed by atoms with Crippen LogP contribution in [0.2, 0.25) is 0 Å². The monoisotopic (exact) mass is 271 g/mol. The van der Waals surface area contributed by atoms with Crippen molar-refractivity contribution in [3.05, 3.63) is 34.9 Å². The molecule has 0 amide bonds. The molecule has 2 aliphatic carbocycles. The smallest absolute Gasteiger partial charge is 0.0302 e. The predicted molar refractivity (Wildman–Crippen MR) is 85.9 cm³/mol. The summed E-state index contributed by atoms with van der Waals surface area (Å²) in [4.78, 5) is 0. The van der Waals surface area contributed by atoms with Gasteiger partial charge in [-0.1, -0.05) is 51.3 Å². The molecular weight excluding hydrogens is 242 g/mol. The Morgan fingerprint density at radius 1 is 1.10 bits per heavy atom. The standard InChI is InChI=1S/C19H29N/c1-19(2)11-10-15-8-9-16(12-17(15)18(20)13-19)14-6-4-3-5-7-14/h8-9,12,14,18H,3-7,10-11,13,20H2,1-2H3. The number of rotatable bonds is 1. The Bertz CT molecular complexity index is 469. The van der Waals surface area contributed by atoms with Crippen LogP contribution in [0.15, 0.2) is 18.2 Å². The fraction of sp³-hybridized carbons (Fsp3) is 0.684. The molecule has 1 nitrogen and oxygen atoms in total. The van der Waals surface area contributed by atoms with Gasteiger partial charge in [-0.15, -0.1) is 0 Å². The number of hydrogen-bond acceptors (Lipinski definition) is 1. The number of fused-ring (bicyclic) bond motifs is 1. The molecule has 0 spiro atoms. The number of benzene rings is 1. The molecule has 1 heteroatoms. The Balaban J connectivity index is 1.88. The lowest BCUT2D eigenvalue weighted by molar-refractivity contribution is 0.294. The molecule has 1 atom stereocenters. The highest BCUT2D eigenvalue weighted by Crippen LogP contribution is 2.40. The van der Waals surface area contributed by atoms with Crippen LogP contribution in [0, 0.1) is 5.41 Å². The summed E-state index contributed by atoms with van der Waals surface area (Å²) in [7, 11) is 0. The maximum Gasteiger partial charge on any atom is 0.0302 e. The van der Waals surface area contributed by atoms with Crippen molar-refractivity contribution < 1.29 is 0 Å². The van der Waals surface area contributed by atoms with Crippen LogP contribution in [0.1, 0.15) is 87.4 Å². The second kappa shape index (κ2) is 5.52. The van der Waals surface area contributed by atoms with Gasteiger partial charge >= 0.3 is 0 Å². The van der Waals surface area contributed by atoms with Crippen molar-refractivity contribution in [2.24, 2.45) is 11.1 Å². The summed E-state index contributed by atoms with van der Waals surface area (Å²) >= 11 is 0. The van der Waals surface area contributed by atoms with Gasteiger partial charge in [0.15, 0.2) is 0 Å². The third kappa shape index (κ3) is 2.93. The second-order valence-corrected chi connectivity index (χ2v) is 7.77. The average Bonchev–Trinajstić information content (AvgIpc) is 2.56. The second-order valence-electron chi connectivity index (χ2n) is 7.77. The largest absolute Gasteiger partial charge is 0.324 e. The van der Waals surface area contributed by atoms with Crippen LogP contribution < -0.4 is 5.73 Å². The Morgan fingerprint density at radius 3 is 2.60 bits per heavy atom. The van der Waals surface area contributed by atoms with Gasteiger partial charge in [0.05, 0.1) is 0 Å². The van der Waals surface area contributed by atoms with E-state index in [-0.39, 0.29) is 6.04 Å². The molecule has 1 fully saturated rings. The zero-order valence-corrected chi connectivity index (χ0v) is 13.1. The Kier molecular flexibility index (Phi) is 3.90. The van der Waals surface area contributed by atoms with E-state index >= 15 is 0 Å². The predicted octanol–water partition coefficient (Wildman–Crippen LogP) is 5.10. The fourth-order valence-corrected chi connectivity index (χ4v) is 4.16. The number of aryl methyl sites for hydroxylation is 1. The summed E-state index contributed by atoms with van der Waals surface area (Å²) in [6, 6.07) is 7.45. The molecule has 1 aromatic carbocycles. The summed E-state index contributed by atoms with van der Waals surface area (Å²) in [6.45, 7) is 4.72. The molecule has 1 saturated carbocycles. The van der Waals surface area contributed by atoms with E-state index in [0.717, 1.165) is 12.3 Å². The lowest BCUT2D eigenvalue weighted by Gasteiger charge is -2.26. The number of nitrogens with two attached hydrogens (primary N) is 1. The molecule has 0 saturated heterocycles. The summed E-state index contributed by atoms with van der Waals surface area (Å²) in [6.07, 6.45) is 10.6. The molecule has 20 heavy (non-hydrogen) atoms. The van der Waals surface area contributed by atoms with Crippen LogP contribution in [0.5, 0.6) is 0 Å². The van der Waals surface area contributed by atoms with E-state index in [4.69, 9.17) is 5.73 Å². The van der Waals surface area contributed by atoms with E-state index < -0.39 is 0 Å². The molecule has 1 aromatic rings. The van der Waals surface area contributed by atoms with Gasteiger partial charge in [0.25, 0.3) is 0 Å². The van der Waals surface area contributed by atoms with Gasteiger partial charge in [-0.05, 0) is 60.1 Å². The summed E-state index contributed by atoms with van der Waals surface area (Å²) < 4.78 is 0. The first-order valence-corrected chi connectivity index (χ1v) is 8.43. The van der Waals surface area contributed by atoms with Crippen LogP contribution >= 0.6 is 0 Å². The summed E-state index contributed by atoms with van der Waals surface area (Å²) in [5, 5.41) is 0. The van der Waals surface area contributed by atoms with Gasteiger partial charge in [-0.25, -0.2) is 0 Å². The van der Waals surface area contributed by atoms with Gasteiger partial charge < -0.3 is 5.73 Å². The van der Waals surface area contributed by atoms with E-state index in [1.165, 1.54) is 56.1 Å². The zero-order chi connectivity index (χ0) is 14.2. The average molecular weight is 271 g/mol. The Hall–Kier alpha value is -0.820. The normalized spacial score (nSPS) is 26.9. The summed E-state index contributed by atoms with van der Waals surface area (Å²) in [5.41, 5.74) is 11.4. The molecule has 110 valence electrons. The molecular formula is C19H29N. The molecule has 0 aromatic heterocycles. The molecule has 2 N–H and O–H groups in total. The van der Waals surface area contributed by atoms with E-state index in [1.54, 1.807) is 5.56 Å². The maximum absolute atomic E-state index is 6.52. The van der Waals surface area contributed by atoms with Crippen molar-refractivity contribution >= 4 is 0 Å². The van der Waals surface area contributed by atoms with Crippen LogP contribution in [-0.4, -0.2) is 0 Å². The quantitative estimate of drug-likeness (QED) is 0.707. The first-order valence-electron chi connectivity index (χ1n) is 8.43. The summed E-state index contributed by atoms with van der Waals surface area (Å²) in [5.74, 6) is 0.789. The van der Waals surface area contributed by atoms with Crippen LogP contribution in [0.3, 0.4) is 0 Å². The highest BCUT2D eigenvalue weighted by atomic mass is 14.6. The molecule has 0 heterocycles. The number of hydrogen-bond donors (Lipinski definition) is 1. The van der Waals surface area contributed by atoms with Gasteiger partial charge in [-0.2, -0.15) is 0 Å². The van der Waals surface area contributed by atoms with Crippen LogP contribution in [0.25, 0.3) is 0 Å². The van der Waals surface area contributed by atoms with Crippen molar-refractivity contribution in [2.45, 2.75) is 77.2 Å². The van der Waals surface area contributed by atoms with Crippen LogP contribution in [-0.2, 0) is 6.42 Å². The van der Waals surface area contributed by atoms with Gasteiger partial charge in [0.2, 0.25) is 0 Å². The lowest BCUT2D eigenvalue weighted by atomic mass is 9.81. The zero-order valence-electron chi connectivity index (χ0n) is 13.1. The highest BCUT2D eigenvalue weighted by Gasteiger charge is 2.28. The van der Waals surface area contributed by atoms with E-state index in [9.17, 15) is 0 Å². The molecule has 2 aliphatic rings. The van der Waals surface area contributed by atoms with Gasteiger partial charge in [0, 0.05) is 6.04 Å². The van der Waals surface area contributed by atoms with Gasteiger partial charge in [0.1, 0.15) is 0 Å². The van der Waals surface area contributed by atoms with Gasteiger partial charge in [-0.3, -0.25) is 0 Å². The molecule has 0 aliphatic heterocycles. The highest BCUT2D eigenvalue weighted by molar-refractivity contribution is 5.37. The van der Waals surface area contributed by atoms with Crippen molar-refractivity contribution in [1.82, 2.24) is 0 Å². The van der Waals surface area contributed by atoms with Crippen LogP contribution in [0.4, 0.5) is 0 Å². The molecule has 0 bridgehead atoms. The van der Waals surface area contributed by atoms with E-state index in [0.29, 0.717) is 5.41 Å². The molecule has 3 rings (SSSR count). The minimum atomic E-state index is 0.228. The van der Waals surface area contributed by atoms with Crippen molar-refractivity contribution in [1.29, 1.82) is 0 Å². The lowest BCUT2D eigenvalue weighted by Crippen LogP contribution is -2.19. The molecule has 0 radical (unpaired) electrons. The first kappa shape index (κ1) is 14.1. The SMILES string of the molecule is CC1(C)CCc2ccc(C3CCCCC3)cc2C(N)C1. The van der Waals surface area contributed by atoms with E-state index in [2.05, 4.69) is 32.0 Å². The maximum atomic E-state index is 6.52. The first-order chi connectivity index (χ1) is 9.55. The topological polar surface area (TPSA) is 26.0 Å². The minimum absolute atomic E-state index is 0.228. The van der Waals surface area contributed by atoms with Crippen molar-refractivity contribution in [2.75, 3.05) is 0 Å². The Labute approximate surface area is 124 Å². The van der Waals surface area contributed by atoms with E-state index in [1.807, 2.05) is 0 Å². The third-order valence-electron chi connectivity index (χ3n) is 5.49. The Morgan fingerprint density at radius 2 is 1.85 bits per heavy atom. The third-order valence-corrected chi connectivity index (χ3v) is 5.49. The van der Waals surface area contributed by atoms with Crippen molar-refractivity contribution in [3.8, 4) is 0 Å². The molecule has 1 unspecified atom stereocenters. The fourth-order valence-electron chi connectivity index (χ4n) is 4.16.